The standard InChI is InChI=1S/C34H35N3O6S/c1-25-21-28(17-18-30(25)42-2)44(40,41)36(20-19-26-11-5-3-6-12-26)24-33(38)37-23-32(43-31-16-10-9-15-29(31)37)34(39)35-22-27-13-7-4-8-14-27/h3-18,21,32H,19-20,22-24H2,1-2H3,(H,35,39)/t32-/m0/s1. The molecule has 228 valence electrons. The summed E-state index contributed by atoms with van der Waals surface area (Å²) in [5, 5.41) is 2.88. The topological polar surface area (TPSA) is 105 Å². The fourth-order valence-electron chi connectivity index (χ4n) is 5.09. The molecule has 0 bridgehead atoms. The average Bonchev–Trinajstić information content (AvgIpc) is 3.05. The molecule has 0 spiro atoms. The highest BCUT2D eigenvalue weighted by atomic mass is 32.2. The van der Waals surface area contributed by atoms with E-state index in [0.29, 0.717) is 35.7 Å². The summed E-state index contributed by atoms with van der Waals surface area (Å²) in [7, 11) is -2.55. The van der Waals surface area contributed by atoms with E-state index in [1.54, 1.807) is 43.3 Å². The van der Waals surface area contributed by atoms with Crippen LogP contribution >= 0.6 is 0 Å². The van der Waals surface area contributed by atoms with Crippen molar-refractivity contribution in [2.75, 3.05) is 31.6 Å². The predicted molar refractivity (Wildman–Crippen MR) is 168 cm³/mol. The smallest absolute Gasteiger partial charge is 0.263 e. The van der Waals surface area contributed by atoms with Gasteiger partial charge >= 0.3 is 0 Å². The van der Waals surface area contributed by atoms with Crippen LogP contribution in [0.3, 0.4) is 0 Å². The molecule has 1 aliphatic rings. The molecule has 1 heterocycles. The monoisotopic (exact) mass is 613 g/mol. The predicted octanol–water partition coefficient (Wildman–Crippen LogP) is 4.35. The quantitative estimate of drug-likeness (QED) is 0.270. The average molecular weight is 614 g/mol. The molecule has 0 aromatic heterocycles. The van der Waals surface area contributed by atoms with Gasteiger partial charge in [-0.3, -0.25) is 9.59 Å². The zero-order chi connectivity index (χ0) is 31.1. The molecule has 0 fully saturated rings. The molecule has 1 N–H and O–H groups in total. The number of para-hydroxylation sites is 2. The highest BCUT2D eigenvalue weighted by Gasteiger charge is 2.36. The second kappa shape index (κ2) is 13.7. The summed E-state index contributed by atoms with van der Waals surface area (Å²) >= 11 is 0. The number of aryl methyl sites for hydroxylation is 1. The number of carbonyl (C=O) groups excluding carboxylic acids is 2. The molecule has 0 aliphatic carbocycles. The molecule has 0 saturated carbocycles. The van der Waals surface area contributed by atoms with Crippen LogP contribution in [0.25, 0.3) is 0 Å². The lowest BCUT2D eigenvalue weighted by Gasteiger charge is -2.35. The Hall–Kier alpha value is -4.67. The fourth-order valence-corrected chi connectivity index (χ4v) is 6.56. The van der Waals surface area contributed by atoms with Crippen molar-refractivity contribution >= 4 is 27.5 Å². The number of ether oxygens (including phenoxy) is 2. The maximum atomic E-state index is 14.0. The molecule has 1 atom stereocenters. The van der Waals surface area contributed by atoms with Gasteiger partial charge in [-0.2, -0.15) is 4.31 Å². The van der Waals surface area contributed by atoms with Crippen molar-refractivity contribution in [2.45, 2.75) is 30.9 Å². The Bertz CT molecular complexity index is 1710. The largest absolute Gasteiger partial charge is 0.496 e. The van der Waals surface area contributed by atoms with Crippen molar-refractivity contribution < 1.29 is 27.5 Å². The van der Waals surface area contributed by atoms with Crippen LogP contribution in [-0.4, -0.2) is 57.4 Å². The Morgan fingerprint density at radius 3 is 2.27 bits per heavy atom. The van der Waals surface area contributed by atoms with Crippen molar-refractivity contribution in [1.29, 1.82) is 0 Å². The second-order valence-corrected chi connectivity index (χ2v) is 12.4. The van der Waals surface area contributed by atoms with Crippen LogP contribution in [-0.2, 0) is 32.6 Å². The molecule has 1 aliphatic heterocycles. The molecule has 5 rings (SSSR count). The van der Waals surface area contributed by atoms with Gasteiger partial charge in [0, 0.05) is 13.1 Å². The van der Waals surface area contributed by atoms with Gasteiger partial charge in [-0.1, -0.05) is 72.8 Å². The Balaban J connectivity index is 1.40. The van der Waals surface area contributed by atoms with Gasteiger partial charge in [0.15, 0.2) is 6.10 Å². The van der Waals surface area contributed by atoms with E-state index in [4.69, 9.17) is 9.47 Å². The number of hydrogen-bond donors (Lipinski definition) is 1. The third-order valence-corrected chi connectivity index (χ3v) is 9.33. The van der Waals surface area contributed by atoms with E-state index in [0.717, 1.165) is 11.1 Å². The van der Waals surface area contributed by atoms with Gasteiger partial charge in [-0.15, -0.1) is 0 Å². The van der Waals surface area contributed by atoms with Crippen molar-refractivity contribution in [1.82, 2.24) is 9.62 Å². The summed E-state index contributed by atoms with van der Waals surface area (Å²) in [6, 6.07) is 30.6. The first kappa shape index (κ1) is 30.8. The molecule has 4 aromatic carbocycles. The van der Waals surface area contributed by atoms with Crippen molar-refractivity contribution in [3.05, 3.63) is 120 Å². The molecule has 0 unspecified atom stereocenters. The third kappa shape index (κ3) is 7.10. The zero-order valence-electron chi connectivity index (χ0n) is 24.7. The molecular formula is C34H35N3O6S. The lowest BCUT2D eigenvalue weighted by molar-refractivity contribution is -0.128. The van der Waals surface area contributed by atoms with Crippen molar-refractivity contribution in [3.63, 3.8) is 0 Å². The van der Waals surface area contributed by atoms with Gasteiger partial charge in [0.2, 0.25) is 15.9 Å². The van der Waals surface area contributed by atoms with E-state index in [1.807, 2.05) is 60.7 Å². The Kier molecular flexibility index (Phi) is 9.62. The number of rotatable bonds is 11. The van der Waals surface area contributed by atoms with Gasteiger partial charge in [0.05, 0.1) is 30.8 Å². The minimum atomic E-state index is -4.08. The van der Waals surface area contributed by atoms with Crippen molar-refractivity contribution in [2.24, 2.45) is 0 Å². The molecule has 4 aromatic rings. The third-order valence-electron chi connectivity index (χ3n) is 7.49. The number of amides is 2. The highest BCUT2D eigenvalue weighted by Crippen LogP contribution is 2.34. The Morgan fingerprint density at radius 2 is 1.59 bits per heavy atom. The summed E-state index contributed by atoms with van der Waals surface area (Å²) in [5.41, 5.74) is 3.01. The first-order valence-corrected chi connectivity index (χ1v) is 15.8. The summed E-state index contributed by atoms with van der Waals surface area (Å²) in [6.45, 7) is 1.67. The normalized spacial score (nSPS) is 14.4. The van der Waals surface area contributed by atoms with Crippen LogP contribution in [0.15, 0.2) is 108 Å². The Morgan fingerprint density at radius 1 is 0.932 bits per heavy atom. The van der Waals surface area contributed by atoms with Crippen LogP contribution in [0.5, 0.6) is 11.5 Å². The maximum absolute atomic E-state index is 14.0. The van der Waals surface area contributed by atoms with E-state index in [2.05, 4.69) is 5.32 Å². The van der Waals surface area contributed by atoms with Gasteiger partial charge in [0.25, 0.3) is 5.91 Å². The van der Waals surface area contributed by atoms with Crippen LogP contribution in [0.2, 0.25) is 0 Å². The van der Waals surface area contributed by atoms with Gasteiger partial charge in [0.1, 0.15) is 11.5 Å². The number of benzene rings is 4. The molecule has 44 heavy (non-hydrogen) atoms. The molecule has 10 heteroatoms. The molecule has 0 radical (unpaired) electrons. The molecule has 9 nitrogen and oxygen atoms in total. The van der Waals surface area contributed by atoms with Crippen LogP contribution in [0, 0.1) is 6.92 Å². The van der Waals surface area contributed by atoms with E-state index < -0.39 is 28.6 Å². The number of nitrogens with one attached hydrogen (secondary N) is 1. The first-order chi connectivity index (χ1) is 21.3. The van der Waals surface area contributed by atoms with Crippen LogP contribution in [0.4, 0.5) is 5.69 Å². The lowest BCUT2D eigenvalue weighted by Crippen LogP contribution is -2.53. The summed E-state index contributed by atoms with van der Waals surface area (Å²) < 4.78 is 40.5. The Labute approximate surface area is 258 Å². The van der Waals surface area contributed by atoms with Gasteiger partial charge < -0.3 is 19.7 Å². The highest BCUT2D eigenvalue weighted by molar-refractivity contribution is 7.89. The summed E-state index contributed by atoms with van der Waals surface area (Å²) in [5.74, 6) is 0.0979. The van der Waals surface area contributed by atoms with E-state index in [1.165, 1.54) is 22.4 Å². The summed E-state index contributed by atoms with van der Waals surface area (Å²) in [4.78, 5) is 28.7. The molecular weight excluding hydrogens is 578 g/mol. The van der Waals surface area contributed by atoms with Crippen molar-refractivity contribution in [3.8, 4) is 11.5 Å². The van der Waals surface area contributed by atoms with Crippen LogP contribution in [0.1, 0.15) is 16.7 Å². The number of carbonyl (C=O) groups is 2. The zero-order valence-corrected chi connectivity index (χ0v) is 25.5. The molecule has 2 amide bonds. The number of anilines is 1. The first-order valence-electron chi connectivity index (χ1n) is 14.3. The fraction of sp³-hybridized carbons (Fsp3) is 0.235. The van der Waals surface area contributed by atoms with E-state index >= 15 is 0 Å². The summed E-state index contributed by atoms with van der Waals surface area (Å²) in [6.07, 6.45) is -0.566. The molecule has 0 saturated heterocycles. The number of nitrogens with zero attached hydrogens (tertiary/aromatic N) is 2. The van der Waals surface area contributed by atoms with Crippen LogP contribution < -0.4 is 19.7 Å². The number of sulfonamides is 1. The second-order valence-electron chi connectivity index (χ2n) is 10.5. The van der Waals surface area contributed by atoms with E-state index in [-0.39, 0.29) is 23.9 Å². The van der Waals surface area contributed by atoms with Gasteiger partial charge in [-0.05, 0) is 60.4 Å². The minimum absolute atomic E-state index is 0.0648. The number of methoxy groups -OCH3 is 1. The van der Waals surface area contributed by atoms with E-state index in [9.17, 15) is 18.0 Å². The maximum Gasteiger partial charge on any atom is 0.263 e. The van der Waals surface area contributed by atoms with Gasteiger partial charge in [-0.25, -0.2) is 8.42 Å². The SMILES string of the molecule is COc1ccc(S(=O)(=O)N(CCc2ccccc2)CC(=O)N2C[C@@H](C(=O)NCc3ccccc3)Oc3ccccc32)cc1C. The number of fused-ring (bicyclic) bond motifs is 1. The number of hydrogen-bond acceptors (Lipinski definition) is 6. The lowest BCUT2D eigenvalue weighted by atomic mass is 10.1. The minimum Gasteiger partial charge on any atom is -0.496 e.